The minimum atomic E-state index is -0.847. The van der Waals surface area contributed by atoms with Crippen molar-refractivity contribution < 1.29 is 0 Å². The summed E-state index contributed by atoms with van der Waals surface area (Å²) >= 11 is 10.2. The second-order valence-corrected chi connectivity index (χ2v) is 1.82. The van der Waals surface area contributed by atoms with Gasteiger partial charge in [0.25, 0.3) is 0 Å². The van der Waals surface area contributed by atoms with Crippen molar-refractivity contribution in [3.63, 3.8) is 0 Å². The van der Waals surface area contributed by atoms with Gasteiger partial charge in [0, 0.05) is 0 Å². The molecule has 0 aromatic heterocycles. The van der Waals surface area contributed by atoms with E-state index >= 15 is 0 Å². The first-order valence-electron chi connectivity index (χ1n) is 1.74. The summed E-state index contributed by atoms with van der Waals surface area (Å²) in [4.78, 5) is -0.847. The van der Waals surface area contributed by atoms with Gasteiger partial charge in [-0.2, -0.15) is 5.43 Å². The molecule has 0 heterocycles. The Balaban J connectivity index is 3.03. The van der Waals surface area contributed by atoms with Gasteiger partial charge in [0.15, 0.2) is 0 Å². The third kappa shape index (κ3) is 5.78. The SMILES string of the molecule is C[N]N=N[N]C(Cl)Cl. The van der Waals surface area contributed by atoms with Gasteiger partial charge in [-0.3, -0.25) is 0 Å². The summed E-state index contributed by atoms with van der Waals surface area (Å²) in [5.74, 6) is 0. The molecule has 6 heteroatoms. The molecular formula is C2H4Cl2N4. The Morgan fingerprint density at radius 3 is 2.25 bits per heavy atom. The smallest absolute Gasteiger partial charge is 0.171 e. The highest BCUT2D eigenvalue weighted by molar-refractivity contribution is 6.43. The van der Waals surface area contributed by atoms with Crippen molar-refractivity contribution >= 4 is 23.2 Å². The molecule has 8 heavy (non-hydrogen) atoms. The molecule has 0 unspecified atom stereocenters. The number of rotatable bonds is 3. The topological polar surface area (TPSA) is 52.9 Å². The van der Waals surface area contributed by atoms with Crippen LogP contribution in [0.15, 0.2) is 10.4 Å². The van der Waals surface area contributed by atoms with E-state index in [1.54, 1.807) is 0 Å². The Morgan fingerprint density at radius 2 is 1.88 bits per heavy atom. The fourth-order valence-corrected chi connectivity index (χ4v) is 0.180. The monoisotopic (exact) mass is 154 g/mol. The van der Waals surface area contributed by atoms with Gasteiger partial charge < -0.3 is 0 Å². The van der Waals surface area contributed by atoms with Crippen LogP contribution in [0.4, 0.5) is 0 Å². The van der Waals surface area contributed by atoms with Crippen LogP contribution < -0.4 is 10.9 Å². The minimum Gasteiger partial charge on any atom is -0.171 e. The van der Waals surface area contributed by atoms with Crippen molar-refractivity contribution in [1.29, 1.82) is 0 Å². The average molecular weight is 155 g/mol. The molecule has 0 aliphatic carbocycles. The van der Waals surface area contributed by atoms with E-state index in [1.165, 1.54) is 7.05 Å². The molecule has 0 N–H and O–H groups in total. The largest absolute Gasteiger partial charge is 0.219 e. The lowest BCUT2D eigenvalue weighted by Crippen LogP contribution is -2.00. The normalized spacial score (nSPS) is 10.5. The maximum atomic E-state index is 5.12. The highest BCUT2D eigenvalue weighted by Crippen LogP contribution is 1.96. The third-order valence-corrected chi connectivity index (χ3v) is 0.443. The maximum absolute atomic E-state index is 5.12. The van der Waals surface area contributed by atoms with Crippen LogP contribution in [0.3, 0.4) is 0 Å². The predicted molar refractivity (Wildman–Crippen MR) is 30.5 cm³/mol. The molecule has 2 radical (unpaired) electrons. The number of hydrogen-bond acceptors (Lipinski definition) is 2. The lowest BCUT2D eigenvalue weighted by Gasteiger charge is -1.88. The van der Waals surface area contributed by atoms with Crippen LogP contribution in [0.25, 0.3) is 0 Å². The van der Waals surface area contributed by atoms with Gasteiger partial charge in [-0.05, 0) is 10.4 Å². The Labute approximate surface area is 57.2 Å². The zero-order chi connectivity index (χ0) is 6.41. The number of halogens is 2. The van der Waals surface area contributed by atoms with Crippen LogP contribution in [0.2, 0.25) is 0 Å². The standard InChI is InChI=1S/C2H4Cl2N4/c1-5-7-8-6-2(3)4/h2H,1H3. The Morgan fingerprint density at radius 1 is 1.25 bits per heavy atom. The van der Waals surface area contributed by atoms with Crippen LogP contribution >= 0.6 is 23.2 Å². The molecule has 0 aromatic carbocycles. The second-order valence-electron chi connectivity index (χ2n) is 0.772. The molecule has 0 spiro atoms. The molecule has 0 rings (SSSR count). The van der Waals surface area contributed by atoms with Crippen molar-refractivity contribution in [2.24, 2.45) is 10.4 Å². The van der Waals surface area contributed by atoms with Gasteiger partial charge in [0.1, 0.15) is 0 Å². The lowest BCUT2D eigenvalue weighted by molar-refractivity contribution is 0.656. The molecule has 0 saturated carbocycles. The molecule has 0 atom stereocenters. The van der Waals surface area contributed by atoms with Crippen LogP contribution in [0.5, 0.6) is 0 Å². The van der Waals surface area contributed by atoms with E-state index in [0.29, 0.717) is 0 Å². The summed E-state index contributed by atoms with van der Waals surface area (Å²) in [5, 5.41) is 6.24. The molecule has 0 fully saturated rings. The first kappa shape index (κ1) is 7.78. The van der Waals surface area contributed by atoms with Crippen molar-refractivity contribution in [3.8, 4) is 0 Å². The van der Waals surface area contributed by atoms with E-state index in [-0.39, 0.29) is 0 Å². The predicted octanol–water partition coefficient (Wildman–Crippen LogP) is 0.868. The zero-order valence-corrected chi connectivity index (χ0v) is 5.63. The van der Waals surface area contributed by atoms with Crippen molar-refractivity contribution in [2.75, 3.05) is 7.05 Å². The van der Waals surface area contributed by atoms with Crippen LogP contribution in [-0.4, -0.2) is 12.0 Å². The summed E-state index contributed by atoms with van der Waals surface area (Å²) in [5.41, 5.74) is 6.46. The highest BCUT2D eigenvalue weighted by atomic mass is 35.5. The van der Waals surface area contributed by atoms with Gasteiger partial charge in [-0.25, -0.2) is 0 Å². The molecule has 0 aliphatic rings. The van der Waals surface area contributed by atoms with E-state index in [0.717, 1.165) is 0 Å². The van der Waals surface area contributed by atoms with Crippen molar-refractivity contribution in [3.05, 3.63) is 0 Å². The highest BCUT2D eigenvalue weighted by Gasteiger charge is 1.93. The quantitative estimate of drug-likeness (QED) is 0.251. The number of hydrogen-bond donors (Lipinski definition) is 0. The van der Waals surface area contributed by atoms with Gasteiger partial charge in [0.05, 0.1) is 7.05 Å². The van der Waals surface area contributed by atoms with Crippen molar-refractivity contribution in [2.45, 2.75) is 4.96 Å². The third-order valence-electron chi connectivity index (χ3n) is 0.268. The van der Waals surface area contributed by atoms with E-state index in [9.17, 15) is 0 Å². The second kappa shape index (κ2) is 4.93. The fraction of sp³-hybridized carbons (Fsp3) is 1.00. The Kier molecular flexibility index (Phi) is 4.79. The van der Waals surface area contributed by atoms with Crippen molar-refractivity contribution in [1.82, 2.24) is 10.9 Å². The molecule has 0 amide bonds. The molecule has 0 aromatic rings. The van der Waals surface area contributed by atoms with Crippen LogP contribution in [0, 0.1) is 0 Å². The first-order chi connectivity index (χ1) is 3.77. The fourth-order valence-electron chi connectivity index (χ4n) is 0.102. The van der Waals surface area contributed by atoms with Gasteiger partial charge in [0.2, 0.25) is 4.96 Å². The van der Waals surface area contributed by atoms with Crippen LogP contribution in [0.1, 0.15) is 0 Å². The molecule has 0 bridgehead atoms. The van der Waals surface area contributed by atoms with E-state index in [1.807, 2.05) is 0 Å². The maximum Gasteiger partial charge on any atom is 0.219 e. The van der Waals surface area contributed by atoms with E-state index < -0.39 is 4.96 Å². The van der Waals surface area contributed by atoms with Crippen LogP contribution in [-0.2, 0) is 0 Å². The van der Waals surface area contributed by atoms with Gasteiger partial charge in [-0.15, -0.1) is 5.43 Å². The molecule has 4 nitrogen and oxygen atoms in total. The van der Waals surface area contributed by atoms with E-state index in [2.05, 4.69) is 21.3 Å². The zero-order valence-electron chi connectivity index (χ0n) is 4.12. The average Bonchev–Trinajstić information content (AvgIpc) is 1.66. The molecular weight excluding hydrogens is 151 g/mol. The molecule has 0 aliphatic heterocycles. The van der Waals surface area contributed by atoms with E-state index in [4.69, 9.17) is 23.2 Å². The number of alkyl halides is 2. The number of nitrogens with zero attached hydrogens (tertiary/aromatic N) is 4. The summed E-state index contributed by atoms with van der Waals surface area (Å²) < 4.78 is 0. The van der Waals surface area contributed by atoms with Gasteiger partial charge in [-0.1, -0.05) is 23.2 Å². The molecule has 0 saturated heterocycles. The minimum absolute atomic E-state index is 0.847. The lowest BCUT2D eigenvalue weighted by atomic mass is 11.5. The summed E-state index contributed by atoms with van der Waals surface area (Å²) in [6.07, 6.45) is 0. The summed E-state index contributed by atoms with van der Waals surface area (Å²) in [6.45, 7) is 0. The van der Waals surface area contributed by atoms with Gasteiger partial charge >= 0.3 is 0 Å². The summed E-state index contributed by atoms with van der Waals surface area (Å²) in [6, 6.07) is 0. The first-order valence-corrected chi connectivity index (χ1v) is 2.61. The Hall–Kier alpha value is -0.220. The summed E-state index contributed by atoms with van der Waals surface area (Å²) in [7, 11) is 1.47. The Bertz CT molecular complexity index is 72.4. The molecule has 46 valence electrons.